The highest BCUT2D eigenvalue weighted by Crippen LogP contribution is 2.35. The number of aromatic amines is 1. The first kappa shape index (κ1) is 13.7. The van der Waals surface area contributed by atoms with Gasteiger partial charge < -0.3 is 10.1 Å². The van der Waals surface area contributed by atoms with E-state index >= 15 is 0 Å². The molecule has 1 aromatic heterocycles. The number of aromatic hydroxyl groups is 1. The molecule has 0 unspecified atom stereocenters. The first-order valence-electron chi connectivity index (χ1n) is 6.60. The van der Waals surface area contributed by atoms with Crippen molar-refractivity contribution < 1.29 is 5.11 Å². The number of pyridine rings is 1. The van der Waals surface area contributed by atoms with Crippen LogP contribution in [0.25, 0.3) is 10.9 Å². The number of hydrogen-bond acceptors (Lipinski definition) is 2. The van der Waals surface area contributed by atoms with E-state index in [0.717, 1.165) is 0 Å². The predicted octanol–water partition coefficient (Wildman–Crippen LogP) is 3.65. The van der Waals surface area contributed by atoms with Crippen molar-refractivity contribution in [3.05, 3.63) is 39.7 Å². The lowest BCUT2D eigenvalue weighted by molar-refractivity contribution is 0.480. The lowest BCUT2D eigenvalue weighted by Gasteiger charge is -2.25. The molecule has 1 aromatic carbocycles. The summed E-state index contributed by atoms with van der Waals surface area (Å²) in [5.41, 5.74) is 2.83. The third-order valence-electron chi connectivity index (χ3n) is 3.42. The molecular formula is C16H21NO2. The highest BCUT2D eigenvalue weighted by molar-refractivity contribution is 5.86. The minimum Gasteiger partial charge on any atom is -0.507 e. The van der Waals surface area contributed by atoms with Gasteiger partial charge in [-0.25, -0.2) is 0 Å². The summed E-state index contributed by atoms with van der Waals surface area (Å²) in [5.74, 6) is 0.407. The number of benzene rings is 1. The van der Waals surface area contributed by atoms with Gasteiger partial charge in [-0.2, -0.15) is 0 Å². The first-order chi connectivity index (χ1) is 8.70. The Morgan fingerprint density at radius 2 is 1.79 bits per heavy atom. The van der Waals surface area contributed by atoms with Crippen LogP contribution in [-0.4, -0.2) is 10.1 Å². The lowest BCUT2D eigenvalue weighted by atomic mass is 9.80. The summed E-state index contributed by atoms with van der Waals surface area (Å²) >= 11 is 0. The van der Waals surface area contributed by atoms with E-state index in [1.807, 2.05) is 12.1 Å². The van der Waals surface area contributed by atoms with Crippen molar-refractivity contribution in [2.24, 2.45) is 0 Å². The SMILES string of the molecule is CC(C)c1cc2[nH]c(=O)cc(O)c2cc1C(C)(C)C. The predicted molar refractivity (Wildman–Crippen MR) is 79.0 cm³/mol. The Morgan fingerprint density at radius 3 is 2.32 bits per heavy atom. The van der Waals surface area contributed by atoms with E-state index in [0.29, 0.717) is 16.8 Å². The quantitative estimate of drug-likeness (QED) is 0.821. The van der Waals surface area contributed by atoms with Crippen molar-refractivity contribution in [1.29, 1.82) is 0 Å². The van der Waals surface area contributed by atoms with E-state index in [2.05, 4.69) is 39.6 Å². The molecule has 2 rings (SSSR count). The van der Waals surface area contributed by atoms with Crippen LogP contribution in [-0.2, 0) is 5.41 Å². The molecule has 3 heteroatoms. The van der Waals surface area contributed by atoms with Crippen LogP contribution in [0.3, 0.4) is 0 Å². The Labute approximate surface area is 113 Å². The number of rotatable bonds is 1. The van der Waals surface area contributed by atoms with Crippen LogP contribution in [0.4, 0.5) is 0 Å². The molecule has 19 heavy (non-hydrogen) atoms. The van der Waals surface area contributed by atoms with Gasteiger partial charge in [0.1, 0.15) is 5.75 Å². The lowest BCUT2D eigenvalue weighted by Crippen LogP contribution is -2.15. The van der Waals surface area contributed by atoms with Crippen molar-refractivity contribution in [1.82, 2.24) is 4.98 Å². The van der Waals surface area contributed by atoms with Gasteiger partial charge in [0.2, 0.25) is 0 Å². The molecule has 0 saturated heterocycles. The van der Waals surface area contributed by atoms with Crippen LogP contribution in [0.15, 0.2) is 23.0 Å². The van der Waals surface area contributed by atoms with Crippen LogP contribution >= 0.6 is 0 Å². The molecule has 0 aliphatic rings. The first-order valence-corrected chi connectivity index (χ1v) is 6.60. The summed E-state index contributed by atoms with van der Waals surface area (Å²) in [5, 5.41) is 10.7. The smallest absolute Gasteiger partial charge is 0.252 e. The number of fused-ring (bicyclic) bond motifs is 1. The maximum absolute atomic E-state index is 11.5. The fourth-order valence-electron chi connectivity index (χ4n) is 2.43. The fourth-order valence-corrected chi connectivity index (χ4v) is 2.43. The maximum atomic E-state index is 11.5. The van der Waals surface area contributed by atoms with Gasteiger partial charge in [-0.15, -0.1) is 0 Å². The summed E-state index contributed by atoms with van der Waals surface area (Å²) in [4.78, 5) is 14.2. The number of nitrogens with one attached hydrogen (secondary N) is 1. The molecule has 0 aliphatic carbocycles. The molecule has 2 N–H and O–H groups in total. The van der Waals surface area contributed by atoms with E-state index in [1.165, 1.54) is 17.2 Å². The van der Waals surface area contributed by atoms with E-state index in [-0.39, 0.29) is 16.7 Å². The molecule has 0 bridgehead atoms. The van der Waals surface area contributed by atoms with Crippen LogP contribution in [0.1, 0.15) is 51.7 Å². The molecule has 3 nitrogen and oxygen atoms in total. The Balaban J connectivity index is 2.88. The standard InChI is InChI=1S/C16H21NO2/c1-9(2)10-7-13-11(6-12(10)16(3,4)5)14(18)8-15(19)17-13/h6-9H,1-5H3,(H2,17,18,19). The zero-order valence-electron chi connectivity index (χ0n) is 12.2. The Bertz CT molecular complexity index is 675. The fraction of sp³-hybridized carbons (Fsp3) is 0.438. The Morgan fingerprint density at radius 1 is 1.16 bits per heavy atom. The van der Waals surface area contributed by atoms with Gasteiger partial charge in [0.05, 0.1) is 5.52 Å². The molecule has 0 aliphatic heterocycles. The van der Waals surface area contributed by atoms with Gasteiger partial charge in [0, 0.05) is 11.5 Å². The zero-order chi connectivity index (χ0) is 14.4. The number of hydrogen-bond donors (Lipinski definition) is 2. The molecular weight excluding hydrogens is 238 g/mol. The monoisotopic (exact) mass is 259 g/mol. The highest BCUT2D eigenvalue weighted by atomic mass is 16.3. The van der Waals surface area contributed by atoms with Gasteiger partial charge in [0.15, 0.2) is 0 Å². The number of H-pyrrole nitrogens is 1. The molecule has 102 valence electrons. The summed E-state index contributed by atoms with van der Waals surface area (Å²) in [6.07, 6.45) is 0. The summed E-state index contributed by atoms with van der Waals surface area (Å²) < 4.78 is 0. The van der Waals surface area contributed by atoms with Gasteiger partial charge in [0.25, 0.3) is 5.56 Å². The second kappa shape index (κ2) is 4.41. The second-order valence-electron chi connectivity index (χ2n) is 6.41. The van der Waals surface area contributed by atoms with Crippen molar-refractivity contribution >= 4 is 10.9 Å². The summed E-state index contributed by atoms with van der Waals surface area (Å²) in [6.45, 7) is 10.7. The van der Waals surface area contributed by atoms with E-state index in [4.69, 9.17) is 0 Å². The van der Waals surface area contributed by atoms with Crippen molar-refractivity contribution in [2.45, 2.75) is 46.0 Å². The molecule has 0 radical (unpaired) electrons. The normalized spacial score (nSPS) is 12.3. The van der Waals surface area contributed by atoms with Crippen LogP contribution < -0.4 is 5.56 Å². The van der Waals surface area contributed by atoms with Gasteiger partial charge in [-0.05, 0) is 34.6 Å². The van der Waals surface area contributed by atoms with E-state index < -0.39 is 0 Å². The zero-order valence-corrected chi connectivity index (χ0v) is 12.2. The largest absolute Gasteiger partial charge is 0.507 e. The number of aromatic nitrogens is 1. The van der Waals surface area contributed by atoms with Crippen molar-refractivity contribution in [3.63, 3.8) is 0 Å². The average Bonchev–Trinajstić information content (AvgIpc) is 2.25. The van der Waals surface area contributed by atoms with Crippen molar-refractivity contribution in [2.75, 3.05) is 0 Å². The maximum Gasteiger partial charge on any atom is 0.252 e. The van der Waals surface area contributed by atoms with Crippen LogP contribution in [0, 0.1) is 0 Å². The minimum absolute atomic E-state index is 0.00360. The third kappa shape index (κ3) is 2.50. The molecule has 0 amide bonds. The molecule has 2 aromatic rings. The summed E-state index contributed by atoms with van der Waals surface area (Å²) in [6, 6.07) is 5.21. The van der Waals surface area contributed by atoms with Gasteiger partial charge in [-0.3, -0.25) is 4.79 Å². The van der Waals surface area contributed by atoms with Gasteiger partial charge >= 0.3 is 0 Å². The molecule has 0 fully saturated rings. The van der Waals surface area contributed by atoms with Gasteiger partial charge in [-0.1, -0.05) is 34.6 Å². The molecule has 0 saturated carbocycles. The topological polar surface area (TPSA) is 53.1 Å². The van der Waals surface area contributed by atoms with Crippen LogP contribution in [0.5, 0.6) is 5.75 Å². The Kier molecular flexibility index (Phi) is 3.17. The Hall–Kier alpha value is -1.77. The molecule has 0 spiro atoms. The summed E-state index contributed by atoms with van der Waals surface area (Å²) in [7, 11) is 0. The minimum atomic E-state index is -0.275. The van der Waals surface area contributed by atoms with E-state index in [9.17, 15) is 9.90 Å². The molecule has 1 heterocycles. The van der Waals surface area contributed by atoms with Crippen molar-refractivity contribution in [3.8, 4) is 5.75 Å². The third-order valence-corrected chi connectivity index (χ3v) is 3.42. The van der Waals surface area contributed by atoms with Crippen LogP contribution in [0.2, 0.25) is 0 Å². The highest BCUT2D eigenvalue weighted by Gasteiger charge is 2.21. The average molecular weight is 259 g/mol. The second-order valence-corrected chi connectivity index (χ2v) is 6.41. The molecule has 0 atom stereocenters. The van der Waals surface area contributed by atoms with E-state index in [1.54, 1.807) is 0 Å².